The minimum absolute atomic E-state index is 0.0101. The van der Waals surface area contributed by atoms with Crippen molar-refractivity contribution < 1.29 is 92.9 Å². The topological polar surface area (TPSA) is 420 Å². The first kappa shape index (κ1) is 58.4. The highest BCUT2D eigenvalue weighted by Gasteiger charge is 2.52. The minimum atomic E-state index is -5.94. The monoisotopic (exact) mass is 1170 g/mol. The minimum Gasteiger partial charge on any atom is -0.452 e. The van der Waals surface area contributed by atoms with E-state index in [-0.39, 0.29) is 55.1 Å². The van der Waals surface area contributed by atoms with Gasteiger partial charge in [-0.3, -0.25) is 28.2 Å². The number of H-pyrrole nitrogens is 1. The number of anilines is 2. The van der Waals surface area contributed by atoms with Crippen LogP contribution in [0.1, 0.15) is 71.7 Å². The van der Waals surface area contributed by atoms with Gasteiger partial charge in [0.1, 0.15) is 29.4 Å². The number of allylic oxidation sites excluding steroid dienone is 1. The Labute approximate surface area is 444 Å². The number of aromatic amines is 1. The SMILES string of the molecule is CCN1c2cc3c(cc2C(C)=CC1(C)C)N=c1cc2c(cc1O3)=[N+](CCCC(=O)NCCNC(=O)O[C@H]1[C@@H](O)[C@H]([n+]3cn(C)c4c(=O)[nH]c(N)nc43)O[C@@H]1COP(=O)(O)OP(=O)(O)OP(=O)(O)O)C(C)(C)C=C2CS(=O)(=O)O. The van der Waals surface area contributed by atoms with Gasteiger partial charge in [0.05, 0.1) is 30.8 Å². The molecule has 6 atom stereocenters. The van der Waals surface area contributed by atoms with Gasteiger partial charge in [-0.05, 0) is 57.0 Å². The Hall–Kier alpha value is -5.75. The van der Waals surface area contributed by atoms with E-state index in [1.54, 1.807) is 18.2 Å². The number of aromatic nitrogens is 4. The van der Waals surface area contributed by atoms with Crippen LogP contribution in [0.4, 0.5) is 22.1 Å². The number of fused-ring (bicyclic) bond motifs is 5. The van der Waals surface area contributed by atoms with Crippen LogP contribution in [-0.4, -0.2) is 132 Å². The van der Waals surface area contributed by atoms with E-state index in [0.29, 0.717) is 39.0 Å². The summed E-state index contributed by atoms with van der Waals surface area (Å²) in [5.74, 6) is -0.454. The van der Waals surface area contributed by atoms with Crippen molar-refractivity contribution in [2.75, 3.05) is 49.2 Å². The highest BCUT2D eigenvalue weighted by atomic mass is 32.2. The van der Waals surface area contributed by atoms with Crippen LogP contribution in [0.15, 0.2) is 52.5 Å². The molecule has 0 spiro atoms. The van der Waals surface area contributed by atoms with Gasteiger partial charge in [-0.2, -0.15) is 17.0 Å². The molecule has 30 nitrogen and oxygen atoms in total. The number of nitrogen functional groups attached to an aromatic ring is 1. The molecule has 0 saturated carbocycles. The molecule has 2 aromatic carbocycles. The fraction of sp³-hybridized carbons (Fsp3) is 0.477. The number of phosphoric ester groups is 1. The third kappa shape index (κ3) is 12.8. The van der Waals surface area contributed by atoms with Crippen LogP contribution < -0.4 is 51.4 Å². The second-order valence-electron chi connectivity index (χ2n) is 19.8. The average molecular weight is 1170 g/mol. The highest BCUT2D eigenvalue weighted by molar-refractivity contribution is 7.86. The number of nitrogens with zero attached hydrogens (tertiary/aromatic N) is 6. The van der Waals surface area contributed by atoms with Gasteiger partial charge >= 0.3 is 35.2 Å². The summed E-state index contributed by atoms with van der Waals surface area (Å²) in [6, 6.07) is 7.46. The summed E-state index contributed by atoms with van der Waals surface area (Å²) in [5, 5.41) is 17.6. The molecule has 2 amide bonds. The van der Waals surface area contributed by atoms with E-state index in [4.69, 9.17) is 39.2 Å². The summed E-state index contributed by atoms with van der Waals surface area (Å²) in [6.07, 6.45) is -2.70. The number of carbonyl (C=O) groups excluding carboxylic acids is 2. The molecule has 11 N–H and O–H groups in total. The van der Waals surface area contributed by atoms with Gasteiger partial charge in [-0.25, -0.2) is 32.6 Å². The lowest BCUT2D eigenvalue weighted by atomic mass is 9.88. The number of nitrogens with two attached hydrogens (primary N) is 1. The molecule has 4 aromatic rings. The second kappa shape index (κ2) is 21.4. The number of ether oxygens (including phenoxy) is 3. The van der Waals surface area contributed by atoms with Crippen LogP contribution in [0.3, 0.4) is 0 Å². The van der Waals surface area contributed by atoms with Crippen molar-refractivity contribution in [3.8, 4) is 11.5 Å². The number of likely N-dealkylation sites (N-methyl/N-ethyl adjacent to an activating group) is 1. The Balaban J connectivity index is 0.933. The number of benzene rings is 2. The van der Waals surface area contributed by atoms with E-state index in [2.05, 4.69) is 61.0 Å². The number of aryl methyl sites for hydroxylation is 1. The van der Waals surface area contributed by atoms with Gasteiger partial charge in [0, 0.05) is 63.6 Å². The van der Waals surface area contributed by atoms with Crippen molar-refractivity contribution >= 4 is 85.2 Å². The van der Waals surface area contributed by atoms with Crippen LogP contribution in [0.2, 0.25) is 0 Å². The van der Waals surface area contributed by atoms with Crippen molar-refractivity contribution in [2.45, 2.75) is 90.0 Å². The van der Waals surface area contributed by atoms with Crippen LogP contribution in [0.25, 0.3) is 22.3 Å². The Morgan fingerprint density at radius 1 is 0.987 bits per heavy atom. The maximum absolute atomic E-state index is 13.2. The summed E-state index contributed by atoms with van der Waals surface area (Å²) in [5.41, 5.74) is 8.34. The zero-order valence-electron chi connectivity index (χ0n) is 42.9. The number of amides is 2. The first-order valence-corrected chi connectivity index (χ1v) is 30.0. The number of hydrogen-bond acceptors (Lipinski definition) is 19. The van der Waals surface area contributed by atoms with Gasteiger partial charge in [-0.1, -0.05) is 11.1 Å². The Morgan fingerprint density at radius 2 is 1.69 bits per heavy atom. The molecule has 0 radical (unpaired) electrons. The number of nitrogens with one attached hydrogen (secondary N) is 3. The van der Waals surface area contributed by atoms with Crippen molar-refractivity contribution in [3.63, 3.8) is 0 Å². The standard InChI is InChI=1S/C44H57N10O20P3S/c1-8-53-29-16-31-27(14-25(29)23(2)18-43(53,3)4)48-28-15-26-24(21-78(66,67)68)19-44(5,6)54(30(26)17-32(28)70-31)13-9-10-34(55)46-11-12-47-42(58)72-37-33(20-69-76(62,63)74-77(64,65)73-75(59,60)61)71-40(36(37)56)52-22-51(7)35-38(52)49-41(45)50-39(35)57/h14-19,22,33,36-37,40,56H,8-13,20-21H2,1-7H3,(H8-2,45,46,47,49,50,55,57,58,59,60,61,62,63,64,65,66,67,68)/p+2/t33-,36-,37-,40-/m1/s1. The molecule has 2 unspecified atom stereocenters. The van der Waals surface area contributed by atoms with E-state index in [9.17, 15) is 55.9 Å². The number of hydrogen-bond donors (Lipinski definition) is 10. The molecule has 0 bridgehead atoms. The van der Waals surface area contributed by atoms with Crippen molar-refractivity contribution in [3.05, 3.63) is 74.9 Å². The number of carbonyl (C=O) groups is 2. The Morgan fingerprint density at radius 3 is 2.37 bits per heavy atom. The molecule has 424 valence electrons. The molecule has 34 heteroatoms. The predicted molar refractivity (Wildman–Crippen MR) is 275 cm³/mol. The summed E-state index contributed by atoms with van der Waals surface area (Å²) in [7, 11) is -20.4. The number of alkyl carbamates (subject to hydrolysis) is 1. The molecular formula is C44H59N10O20P3S+2. The van der Waals surface area contributed by atoms with E-state index >= 15 is 0 Å². The number of rotatable bonds is 19. The third-order valence-electron chi connectivity index (χ3n) is 13.0. The average Bonchev–Trinajstić information content (AvgIpc) is 3.93. The lowest BCUT2D eigenvalue weighted by Crippen LogP contribution is -2.50. The maximum Gasteiger partial charge on any atom is 0.490 e. The molecule has 0 aliphatic carbocycles. The normalized spacial score (nSPS) is 21.8. The third-order valence-corrected chi connectivity index (χ3v) is 17.5. The van der Waals surface area contributed by atoms with Crippen LogP contribution in [0.5, 0.6) is 11.5 Å². The Bertz CT molecular complexity index is 3650. The lowest BCUT2D eigenvalue weighted by Gasteiger charge is -2.43. The van der Waals surface area contributed by atoms with E-state index in [1.807, 2.05) is 37.5 Å². The molecular weight excluding hydrogens is 1110 g/mol. The zero-order valence-corrected chi connectivity index (χ0v) is 46.4. The molecule has 78 heavy (non-hydrogen) atoms. The first-order valence-electron chi connectivity index (χ1n) is 23.9. The van der Waals surface area contributed by atoms with Gasteiger partial charge in [0.2, 0.25) is 23.0 Å². The molecule has 1 fully saturated rings. The largest absolute Gasteiger partial charge is 0.490 e. The van der Waals surface area contributed by atoms with Gasteiger partial charge < -0.3 is 60.2 Å². The molecule has 1 saturated heterocycles. The van der Waals surface area contributed by atoms with E-state index in [0.717, 1.165) is 27.9 Å². The molecule has 4 aliphatic heterocycles. The number of imidazole rings is 1. The summed E-state index contributed by atoms with van der Waals surface area (Å²) in [6.45, 7) is 11.6. The van der Waals surface area contributed by atoms with Crippen molar-refractivity contribution in [1.82, 2.24) is 29.7 Å². The van der Waals surface area contributed by atoms with E-state index < -0.39 is 93.6 Å². The molecule has 2 aromatic heterocycles. The van der Waals surface area contributed by atoms with Crippen LogP contribution in [-0.2, 0) is 58.3 Å². The van der Waals surface area contributed by atoms with Gasteiger partial charge in [0.25, 0.3) is 21.6 Å². The number of aliphatic hydroxyl groups excluding tert-OH is 1. The van der Waals surface area contributed by atoms with Crippen LogP contribution in [0, 0.1) is 0 Å². The smallest absolute Gasteiger partial charge is 0.452 e. The molecule has 6 heterocycles. The fourth-order valence-corrected chi connectivity index (χ4v) is 13.7. The summed E-state index contributed by atoms with van der Waals surface area (Å²) >= 11 is 0. The van der Waals surface area contributed by atoms with Gasteiger partial charge in [-0.15, -0.1) is 0 Å². The van der Waals surface area contributed by atoms with E-state index in [1.165, 1.54) is 17.9 Å². The summed E-state index contributed by atoms with van der Waals surface area (Å²) in [4.78, 5) is 90.2. The lowest BCUT2D eigenvalue weighted by molar-refractivity contribution is -0.745. The summed E-state index contributed by atoms with van der Waals surface area (Å²) < 4.78 is 105. The quantitative estimate of drug-likeness (QED) is 0.0239. The maximum atomic E-state index is 13.2. The zero-order chi connectivity index (χ0) is 57.2. The highest BCUT2D eigenvalue weighted by Crippen LogP contribution is 2.66. The number of phosphoric acid groups is 3. The van der Waals surface area contributed by atoms with Crippen LogP contribution >= 0.6 is 23.5 Å². The van der Waals surface area contributed by atoms with Crippen molar-refractivity contribution in [1.29, 1.82) is 0 Å². The molecule has 4 aliphatic rings. The van der Waals surface area contributed by atoms with Gasteiger partial charge in [0.15, 0.2) is 35.6 Å². The Kier molecular flexibility index (Phi) is 16.0. The first-order chi connectivity index (χ1) is 36.1. The molecule has 8 rings (SSSR count). The fourth-order valence-electron chi connectivity index (χ4n) is 10.1. The number of aliphatic hydroxyl groups is 1. The van der Waals surface area contributed by atoms with Crippen molar-refractivity contribution in [2.24, 2.45) is 12.0 Å². The second-order valence-corrected chi connectivity index (χ2v) is 25.6. The predicted octanol–water partition coefficient (Wildman–Crippen LogP) is 1.06.